The molecule has 6 aliphatic rings. The molecule has 2 aromatic carbocycles. The first-order valence-electron chi connectivity index (χ1n) is 18.7. The van der Waals surface area contributed by atoms with Crippen LogP contribution in [0, 0.1) is 5.92 Å². The minimum Gasteiger partial charge on any atom is -0.504 e. The number of carbonyl (C=O) groups excluding carboxylic acids is 6. The zero-order valence-electron chi connectivity index (χ0n) is 30.7. The normalized spacial score (nSPS) is 30.3. The fourth-order valence-electron chi connectivity index (χ4n) is 8.49. The fraction of sp³-hybridized carbons (Fsp3) is 0.400. The van der Waals surface area contributed by atoms with Crippen molar-refractivity contribution in [2.75, 3.05) is 6.61 Å². The van der Waals surface area contributed by atoms with Gasteiger partial charge < -0.3 is 64.2 Å². The number of allylic oxidation sites excluding steroid dienone is 2. The first kappa shape index (κ1) is 39.2. The Labute approximate surface area is 332 Å². The van der Waals surface area contributed by atoms with Gasteiger partial charge in [0.15, 0.2) is 58.9 Å². The second kappa shape index (κ2) is 15.0. The monoisotopic (exact) mass is 820 g/mol. The van der Waals surface area contributed by atoms with Crippen LogP contribution in [0.15, 0.2) is 52.6 Å². The Bertz CT molecular complexity index is 2280. The molecule has 8 atom stereocenters. The van der Waals surface area contributed by atoms with Gasteiger partial charge in [-0.25, -0.2) is 19.2 Å². The second-order valence-electron chi connectivity index (χ2n) is 14.8. The van der Waals surface area contributed by atoms with E-state index in [4.69, 9.17) is 28.4 Å². The number of fused-ring (bicyclic) bond motifs is 7. The number of phenols is 6. The summed E-state index contributed by atoms with van der Waals surface area (Å²) in [6.07, 6.45) is -5.67. The number of aliphatic hydroxyl groups excluding tert-OH is 1. The number of ketones is 1. The molecule has 3 aliphatic carbocycles. The number of benzene rings is 2. The zero-order chi connectivity index (χ0) is 42.0. The lowest BCUT2D eigenvalue weighted by Crippen LogP contribution is -2.62. The minimum absolute atomic E-state index is 0.0692. The average Bonchev–Trinajstić information content (AvgIpc) is 3.55. The summed E-state index contributed by atoms with van der Waals surface area (Å²) in [5.41, 5.74) is 0.00401. The molecule has 2 fully saturated rings. The van der Waals surface area contributed by atoms with Gasteiger partial charge in [-0.05, 0) is 67.9 Å². The molecule has 3 unspecified atom stereocenters. The summed E-state index contributed by atoms with van der Waals surface area (Å²) in [4.78, 5) is 81.6. The molecular formula is C40H36O19. The third kappa shape index (κ3) is 6.74. The Morgan fingerprint density at radius 2 is 1.36 bits per heavy atom. The largest absolute Gasteiger partial charge is 0.504 e. The molecule has 59 heavy (non-hydrogen) atoms. The van der Waals surface area contributed by atoms with Crippen molar-refractivity contribution in [1.29, 1.82) is 0 Å². The number of esters is 5. The van der Waals surface area contributed by atoms with E-state index in [0.29, 0.717) is 49.7 Å². The quantitative estimate of drug-likeness (QED) is 0.132. The van der Waals surface area contributed by atoms with Gasteiger partial charge in [-0.1, -0.05) is 12.2 Å². The van der Waals surface area contributed by atoms with Crippen molar-refractivity contribution in [1.82, 2.24) is 0 Å². The summed E-state index contributed by atoms with van der Waals surface area (Å²) >= 11 is 0. The maximum Gasteiger partial charge on any atom is 0.340 e. The van der Waals surface area contributed by atoms with E-state index in [1.807, 2.05) is 0 Å². The summed E-state index contributed by atoms with van der Waals surface area (Å²) in [6, 6.07) is 2.28. The van der Waals surface area contributed by atoms with Gasteiger partial charge in [-0.15, -0.1) is 0 Å². The van der Waals surface area contributed by atoms with Crippen molar-refractivity contribution in [3.63, 3.8) is 0 Å². The van der Waals surface area contributed by atoms with Crippen molar-refractivity contribution in [2.45, 2.75) is 87.7 Å². The summed E-state index contributed by atoms with van der Waals surface area (Å²) in [7, 11) is 0. The number of hydrogen-bond acceptors (Lipinski definition) is 19. The molecule has 0 amide bonds. The Kier molecular flexibility index (Phi) is 9.95. The molecule has 7 N–H and O–H groups in total. The highest BCUT2D eigenvalue weighted by Crippen LogP contribution is 2.53. The molecule has 19 nitrogen and oxygen atoms in total. The number of aromatic hydroxyl groups is 6. The smallest absolute Gasteiger partial charge is 0.340 e. The van der Waals surface area contributed by atoms with E-state index in [-0.39, 0.29) is 16.7 Å². The Hall–Kier alpha value is -6.60. The van der Waals surface area contributed by atoms with Crippen LogP contribution in [-0.2, 0) is 47.6 Å². The summed E-state index contributed by atoms with van der Waals surface area (Å²) in [6.45, 7) is -0.765. The molecule has 2 bridgehead atoms. The summed E-state index contributed by atoms with van der Waals surface area (Å²) < 4.78 is 34.1. The highest BCUT2D eigenvalue weighted by Gasteiger charge is 2.58. The number of Topliss-reactive ketones (excluding diaryl/α,β-unsaturated/α-hetero) is 1. The van der Waals surface area contributed by atoms with Crippen LogP contribution in [-0.4, -0.2) is 115 Å². The van der Waals surface area contributed by atoms with Gasteiger partial charge in [-0.3, -0.25) is 9.59 Å². The Morgan fingerprint density at radius 3 is 2.02 bits per heavy atom. The van der Waals surface area contributed by atoms with Crippen LogP contribution >= 0.6 is 0 Å². The molecule has 0 spiro atoms. The first-order valence-corrected chi connectivity index (χ1v) is 18.7. The lowest BCUT2D eigenvalue weighted by Gasteiger charge is -2.43. The predicted octanol–water partition coefficient (Wildman–Crippen LogP) is 1.97. The third-order valence-electron chi connectivity index (χ3n) is 11.3. The van der Waals surface area contributed by atoms with Crippen LogP contribution in [0.3, 0.4) is 0 Å². The summed E-state index contributed by atoms with van der Waals surface area (Å²) in [5.74, 6) is -15.0. The van der Waals surface area contributed by atoms with Gasteiger partial charge in [0.25, 0.3) is 0 Å². The number of phenolic OH excluding ortho intramolecular Hbond substituents is 6. The van der Waals surface area contributed by atoms with E-state index in [2.05, 4.69) is 0 Å². The molecule has 310 valence electrons. The topological polar surface area (TPSA) is 299 Å². The van der Waals surface area contributed by atoms with E-state index in [1.54, 1.807) is 12.2 Å². The van der Waals surface area contributed by atoms with Crippen molar-refractivity contribution >= 4 is 35.6 Å². The van der Waals surface area contributed by atoms with E-state index < -0.39 is 143 Å². The molecule has 3 heterocycles. The van der Waals surface area contributed by atoms with E-state index in [0.717, 1.165) is 18.2 Å². The number of hydrogen-bond donors (Lipinski definition) is 7. The van der Waals surface area contributed by atoms with Crippen LogP contribution in [0.5, 0.6) is 34.5 Å². The van der Waals surface area contributed by atoms with Crippen LogP contribution in [0.2, 0.25) is 0 Å². The van der Waals surface area contributed by atoms with Crippen LogP contribution in [0.4, 0.5) is 0 Å². The van der Waals surface area contributed by atoms with E-state index in [1.165, 1.54) is 0 Å². The SMILES string of the molecule is O=C1OC[C@H]2O[C@@H](OC(=O)c3cc(O)c(O)c(O)c3)[C@H](O)[C@@H](OC(=O)C3=CCCC/C3=C3\CCCC=C13)[C@@H]2OC(=O)C1CC(=O)C2OC(=O)c3cc(O)c(O)c(O)c3C12. The standard InChI is InChI=1S/C40H36O19/c41-21-9-14(10-22(42)28(21)45)35(49)59-40-31(48)34-33(57-39(53)20-12-24(44)32-27(20)26-19(38(52)56-32)11-23(43)29(46)30(26)47)25(55-40)13-54-36(50)17-7-3-1-5-15(17)16-6-2-4-8-18(16)37(51)58-34/h7-11,20,25,27,31-34,40-43,45-48H,1-6,12-13H2/b16-15-/t20?,25-,27?,31-,32?,33-,34-,40+/m1/s1. The van der Waals surface area contributed by atoms with Crippen molar-refractivity contribution in [3.05, 3.63) is 69.3 Å². The lowest BCUT2D eigenvalue weighted by atomic mass is 9.82. The number of ether oxygens (including phenoxy) is 6. The first-order chi connectivity index (χ1) is 28.1. The van der Waals surface area contributed by atoms with Gasteiger partial charge in [-0.2, -0.15) is 0 Å². The Balaban J connectivity index is 1.18. The van der Waals surface area contributed by atoms with Crippen molar-refractivity contribution in [3.8, 4) is 34.5 Å². The zero-order valence-corrected chi connectivity index (χ0v) is 30.7. The second-order valence-corrected chi connectivity index (χ2v) is 14.8. The maximum atomic E-state index is 14.3. The number of aliphatic hydroxyl groups is 1. The van der Waals surface area contributed by atoms with E-state index >= 15 is 0 Å². The minimum atomic E-state index is -2.17. The Morgan fingerprint density at radius 1 is 0.729 bits per heavy atom. The van der Waals surface area contributed by atoms with Gasteiger partial charge in [0.1, 0.15) is 12.7 Å². The molecule has 19 heteroatoms. The molecule has 1 saturated heterocycles. The number of carbonyl (C=O) groups is 6. The van der Waals surface area contributed by atoms with Gasteiger partial charge >= 0.3 is 29.8 Å². The molecular weight excluding hydrogens is 784 g/mol. The molecule has 0 radical (unpaired) electrons. The predicted molar refractivity (Wildman–Crippen MR) is 190 cm³/mol. The van der Waals surface area contributed by atoms with Gasteiger partial charge in [0, 0.05) is 17.9 Å². The van der Waals surface area contributed by atoms with Crippen LogP contribution in [0.1, 0.15) is 77.1 Å². The molecule has 0 aromatic heterocycles. The highest BCUT2D eigenvalue weighted by molar-refractivity contribution is 6.03. The number of rotatable bonds is 4. The summed E-state index contributed by atoms with van der Waals surface area (Å²) in [5, 5.41) is 72.8. The third-order valence-corrected chi connectivity index (χ3v) is 11.3. The highest BCUT2D eigenvalue weighted by atomic mass is 16.7. The van der Waals surface area contributed by atoms with Gasteiger partial charge in [0.05, 0.1) is 28.2 Å². The van der Waals surface area contributed by atoms with Crippen molar-refractivity contribution in [2.24, 2.45) is 5.92 Å². The number of cyclic esters (lactones) is 1. The lowest BCUT2D eigenvalue weighted by molar-refractivity contribution is -0.292. The van der Waals surface area contributed by atoms with Crippen LogP contribution in [0.25, 0.3) is 0 Å². The van der Waals surface area contributed by atoms with Crippen molar-refractivity contribution < 1.29 is 92.9 Å². The maximum absolute atomic E-state index is 14.3. The van der Waals surface area contributed by atoms with Gasteiger partial charge in [0.2, 0.25) is 12.0 Å². The molecule has 2 aromatic rings. The molecule has 3 aliphatic heterocycles. The molecule has 1 saturated carbocycles. The fourth-order valence-corrected chi connectivity index (χ4v) is 8.49. The molecule has 8 rings (SSSR count). The average molecular weight is 821 g/mol. The van der Waals surface area contributed by atoms with Crippen LogP contribution < -0.4 is 0 Å². The van der Waals surface area contributed by atoms with E-state index in [9.17, 15) is 64.5 Å².